The van der Waals surface area contributed by atoms with Crippen LogP contribution in [0.25, 0.3) is 0 Å². The highest BCUT2D eigenvalue weighted by molar-refractivity contribution is 6.19. The van der Waals surface area contributed by atoms with E-state index in [1.165, 1.54) is 18.2 Å². The molecule has 4 heteroatoms. The molecule has 2 nitrogen and oxygen atoms in total. The van der Waals surface area contributed by atoms with Crippen LogP contribution < -0.4 is 4.74 Å². The van der Waals surface area contributed by atoms with E-state index in [9.17, 15) is 4.39 Å². The molecule has 0 aromatic heterocycles. The Morgan fingerprint density at radius 2 is 1.95 bits per heavy atom. The van der Waals surface area contributed by atoms with E-state index < -0.39 is 5.82 Å². The average Bonchev–Trinajstić information content (AvgIpc) is 2.52. The summed E-state index contributed by atoms with van der Waals surface area (Å²) in [5, 5.41) is 9.01. The van der Waals surface area contributed by atoms with Gasteiger partial charge in [-0.15, -0.1) is 11.6 Å². The van der Waals surface area contributed by atoms with Gasteiger partial charge in [-0.1, -0.05) is 24.0 Å². The van der Waals surface area contributed by atoms with Crippen LogP contribution in [0, 0.1) is 29.0 Å². The van der Waals surface area contributed by atoms with E-state index in [0.717, 1.165) is 0 Å². The van der Waals surface area contributed by atoms with Crippen molar-refractivity contribution in [3.8, 4) is 23.7 Å². The first-order valence-corrected chi connectivity index (χ1v) is 6.73. The van der Waals surface area contributed by atoms with E-state index in [0.29, 0.717) is 22.4 Å². The minimum Gasteiger partial charge on any atom is -0.488 e. The van der Waals surface area contributed by atoms with Gasteiger partial charge in [0.2, 0.25) is 0 Å². The van der Waals surface area contributed by atoms with Gasteiger partial charge in [-0.25, -0.2) is 4.39 Å². The minimum atomic E-state index is -0.400. The van der Waals surface area contributed by atoms with Crippen molar-refractivity contribution < 1.29 is 9.13 Å². The van der Waals surface area contributed by atoms with Crippen molar-refractivity contribution in [1.29, 1.82) is 5.26 Å². The van der Waals surface area contributed by atoms with Crippen LogP contribution in [0.2, 0.25) is 0 Å². The number of benzene rings is 2. The van der Waals surface area contributed by atoms with Crippen molar-refractivity contribution >= 4 is 11.6 Å². The average molecular weight is 300 g/mol. The standard InChI is InChI=1S/C17H11ClFNO/c18-9-3-5-13-4-1-2-6-17(13)21-12-15-10-16(19)8-7-14(15)11-20/h1-2,4,6-8,10H,9,12H2. The summed E-state index contributed by atoms with van der Waals surface area (Å²) in [7, 11) is 0. The molecule has 0 amide bonds. The van der Waals surface area contributed by atoms with Crippen LogP contribution >= 0.6 is 11.6 Å². The number of hydrogen-bond acceptors (Lipinski definition) is 2. The Hall–Kier alpha value is -2.49. The normalized spacial score (nSPS) is 9.38. The lowest BCUT2D eigenvalue weighted by Crippen LogP contribution is -2.00. The molecular weight excluding hydrogens is 289 g/mol. The third-order valence-corrected chi connectivity index (χ3v) is 2.88. The molecule has 0 aliphatic carbocycles. The second-order valence-corrected chi connectivity index (χ2v) is 4.40. The Balaban J connectivity index is 2.21. The molecule has 2 aromatic rings. The number of nitrogens with zero attached hydrogens (tertiary/aromatic N) is 1. The third kappa shape index (κ3) is 3.99. The van der Waals surface area contributed by atoms with Gasteiger partial charge in [-0.3, -0.25) is 0 Å². The van der Waals surface area contributed by atoms with Gasteiger partial charge in [0.25, 0.3) is 0 Å². The molecule has 104 valence electrons. The number of ether oxygens (including phenoxy) is 1. The molecule has 0 heterocycles. The van der Waals surface area contributed by atoms with Gasteiger partial charge in [0.15, 0.2) is 0 Å². The van der Waals surface area contributed by atoms with Gasteiger partial charge in [0.1, 0.15) is 18.2 Å². The summed E-state index contributed by atoms with van der Waals surface area (Å²) >= 11 is 5.54. The molecule has 0 bridgehead atoms. The first-order valence-electron chi connectivity index (χ1n) is 6.20. The van der Waals surface area contributed by atoms with Crippen LogP contribution in [0.15, 0.2) is 42.5 Å². The predicted molar refractivity (Wildman–Crippen MR) is 79.5 cm³/mol. The van der Waals surface area contributed by atoms with Crippen molar-refractivity contribution in [2.24, 2.45) is 0 Å². The summed E-state index contributed by atoms with van der Waals surface area (Å²) in [6.07, 6.45) is 0. The quantitative estimate of drug-likeness (QED) is 0.637. The fourth-order valence-corrected chi connectivity index (χ4v) is 1.84. The number of rotatable bonds is 3. The summed E-state index contributed by atoms with van der Waals surface area (Å²) in [5.74, 6) is 6.06. The second-order valence-electron chi connectivity index (χ2n) is 4.13. The summed E-state index contributed by atoms with van der Waals surface area (Å²) in [6, 6.07) is 13.2. The number of alkyl halides is 1. The van der Waals surface area contributed by atoms with Crippen molar-refractivity contribution in [3.63, 3.8) is 0 Å². The zero-order chi connectivity index (χ0) is 15.1. The summed E-state index contributed by atoms with van der Waals surface area (Å²) in [4.78, 5) is 0. The van der Waals surface area contributed by atoms with Gasteiger partial charge in [-0.05, 0) is 30.3 Å². The first-order chi connectivity index (χ1) is 10.2. The van der Waals surface area contributed by atoms with E-state index in [4.69, 9.17) is 21.6 Å². The molecule has 0 aliphatic heterocycles. The Labute approximate surface area is 127 Å². The minimum absolute atomic E-state index is 0.0974. The van der Waals surface area contributed by atoms with Crippen LogP contribution in [0.3, 0.4) is 0 Å². The van der Waals surface area contributed by atoms with Crippen LogP contribution in [-0.2, 0) is 6.61 Å². The van der Waals surface area contributed by atoms with Gasteiger partial charge >= 0.3 is 0 Å². The summed E-state index contributed by atoms with van der Waals surface area (Å²) in [5.41, 5.74) is 1.59. The van der Waals surface area contributed by atoms with E-state index in [1.54, 1.807) is 6.07 Å². The Kier molecular flexibility index (Phi) is 5.21. The Morgan fingerprint density at radius 1 is 1.14 bits per heavy atom. The fraction of sp³-hybridized carbons (Fsp3) is 0.118. The lowest BCUT2D eigenvalue weighted by Gasteiger charge is -2.09. The molecule has 2 aromatic carbocycles. The SMILES string of the molecule is N#Cc1ccc(F)cc1COc1ccccc1C#CCCl. The van der Waals surface area contributed by atoms with Crippen molar-refractivity contribution in [2.45, 2.75) is 6.61 Å². The molecule has 0 unspecified atom stereocenters. The second kappa shape index (κ2) is 7.33. The van der Waals surface area contributed by atoms with Crippen LogP contribution in [0.1, 0.15) is 16.7 Å². The van der Waals surface area contributed by atoms with Crippen molar-refractivity contribution in [1.82, 2.24) is 0 Å². The van der Waals surface area contributed by atoms with E-state index in [2.05, 4.69) is 11.8 Å². The van der Waals surface area contributed by atoms with Crippen LogP contribution in [0.4, 0.5) is 4.39 Å². The number of nitriles is 1. The van der Waals surface area contributed by atoms with E-state index in [-0.39, 0.29) is 12.5 Å². The lowest BCUT2D eigenvalue weighted by atomic mass is 10.1. The van der Waals surface area contributed by atoms with Gasteiger partial charge in [0.05, 0.1) is 23.1 Å². The smallest absolute Gasteiger partial charge is 0.135 e. The monoisotopic (exact) mass is 299 g/mol. The highest BCUT2D eigenvalue weighted by Gasteiger charge is 2.06. The molecule has 0 aliphatic rings. The Morgan fingerprint density at radius 3 is 2.71 bits per heavy atom. The number of halogens is 2. The van der Waals surface area contributed by atoms with Crippen LogP contribution in [-0.4, -0.2) is 5.88 Å². The maximum atomic E-state index is 13.3. The topological polar surface area (TPSA) is 33.0 Å². The zero-order valence-electron chi connectivity index (χ0n) is 11.1. The van der Waals surface area contributed by atoms with Crippen LogP contribution in [0.5, 0.6) is 5.75 Å². The Bertz CT molecular complexity index is 740. The maximum Gasteiger partial charge on any atom is 0.135 e. The molecule has 0 fully saturated rings. The number of hydrogen-bond donors (Lipinski definition) is 0. The third-order valence-electron chi connectivity index (χ3n) is 2.75. The van der Waals surface area contributed by atoms with Gasteiger partial charge < -0.3 is 4.74 Å². The molecule has 0 N–H and O–H groups in total. The first kappa shape index (κ1) is 14.9. The highest BCUT2D eigenvalue weighted by atomic mass is 35.5. The molecule has 0 spiro atoms. The molecule has 0 atom stereocenters. The van der Waals surface area contributed by atoms with E-state index in [1.807, 2.05) is 24.3 Å². The maximum absolute atomic E-state index is 13.3. The summed E-state index contributed by atoms with van der Waals surface area (Å²) in [6.45, 7) is 0.0974. The predicted octanol–water partition coefficient (Wildman–Crippen LogP) is 3.87. The molecule has 0 radical (unpaired) electrons. The molecule has 0 saturated carbocycles. The van der Waals surface area contributed by atoms with E-state index >= 15 is 0 Å². The zero-order valence-corrected chi connectivity index (χ0v) is 11.8. The fourth-order valence-electron chi connectivity index (χ4n) is 1.77. The highest BCUT2D eigenvalue weighted by Crippen LogP contribution is 2.20. The van der Waals surface area contributed by atoms with Gasteiger partial charge in [0, 0.05) is 5.56 Å². The molecule has 2 rings (SSSR count). The number of para-hydroxylation sites is 1. The lowest BCUT2D eigenvalue weighted by molar-refractivity contribution is 0.304. The molecular formula is C17H11ClFNO. The largest absolute Gasteiger partial charge is 0.488 e. The molecule has 0 saturated heterocycles. The van der Waals surface area contributed by atoms with Crippen molar-refractivity contribution in [3.05, 3.63) is 65.0 Å². The molecule has 21 heavy (non-hydrogen) atoms. The van der Waals surface area contributed by atoms with Crippen molar-refractivity contribution in [2.75, 3.05) is 5.88 Å². The summed E-state index contributed by atoms with van der Waals surface area (Å²) < 4.78 is 18.9. The van der Waals surface area contributed by atoms with Gasteiger partial charge in [-0.2, -0.15) is 5.26 Å².